The number of carbonyl (C=O) groups excluding carboxylic acids is 1. The molecule has 114 valence electrons. The first-order valence-electron chi connectivity index (χ1n) is 5.81. The summed E-state index contributed by atoms with van der Waals surface area (Å²) in [5.41, 5.74) is -0.0100. The molecular weight excluding hydrogens is 344 g/mol. The van der Waals surface area contributed by atoms with Crippen LogP contribution in [0.1, 0.15) is 15.9 Å². The van der Waals surface area contributed by atoms with Gasteiger partial charge in [0, 0.05) is 18.6 Å². The Morgan fingerprint density at radius 2 is 2.05 bits per heavy atom. The number of esters is 1. The van der Waals surface area contributed by atoms with Crippen molar-refractivity contribution in [3.63, 3.8) is 0 Å². The second kappa shape index (κ2) is 7.07. The molecule has 0 saturated heterocycles. The van der Waals surface area contributed by atoms with Gasteiger partial charge >= 0.3 is 11.7 Å². The first kappa shape index (κ1) is 17.0. The van der Waals surface area contributed by atoms with Crippen LogP contribution in [0.15, 0.2) is 16.7 Å². The highest BCUT2D eigenvalue weighted by Crippen LogP contribution is 2.40. The van der Waals surface area contributed by atoms with Crippen LogP contribution >= 0.6 is 15.9 Å². The zero-order valence-corrected chi connectivity index (χ0v) is 13.6. The summed E-state index contributed by atoms with van der Waals surface area (Å²) in [6.45, 7) is 0. The Labute approximate surface area is 130 Å². The Morgan fingerprint density at radius 3 is 2.48 bits per heavy atom. The molecule has 0 amide bonds. The van der Waals surface area contributed by atoms with Gasteiger partial charge in [0.15, 0.2) is 0 Å². The van der Waals surface area contributed by atoms with E-state index in [1.54, 1.807) is 31.3 Å². The highest BCUT2D eigenvalue weighted by molar-refractivity contribution is 9.10. The van der Waals surface area contributed by atoms with Gasteiger partial charge in [-0.2, -0.15) is 0 Å². The van der Waals surface area contributed by atoms with E-state index in [4.69, 9.17) is 4.74 Å². The van der Waals surface area contributed by atoms with E-state index in [1.165, 1.54) is 20.3 Å². The Hall–Kier alpha value is -2.09. The molecule has 0 heterocycles. The van der Waals surface area contributed by atoms with E-state index in [9.17, 15) is 14.9 Å². The fourth-order valence-electron chi connectivity index (χ4n) is 1.66. The molecule has 0 aliphatic rings. The molecule has 21 heavy (non-hydrogen) atoms. The van der Waals surface area contributed by atoms with Crippen LogP contribution in [0, 0.1) is 10.1 Å². The van der Waals surface area contributed by atoms with Gasteiger partial charge in [-0.15, -0.1) is 0 Å². The van der Waals surface area contributed by atoms with Crippen LogP contribution in [0.25, 0.3) is 6.08 Å². The van der Waals surface area contributed by atoms with Gasteiger partial charge in [-0.25, -0.2) is 4.79 Å². The number of carbonyl (C=O) groups is 1. The zero-order chi connectivity index (χ0) is 16.2. The van der Waals surface area contributed by atoms with Crippen molar-refractivity contribution < 1.29 is 19.2 Å². The monoisotopic (exact) mass is 358 g/mol. The Balaban J connectivity index is 3.67. The molecule has 1 aromatic rings. The number of benzene rings is 1. The van der Waals surface area contributed by atoms with Gasteiger partial charge in [0.05, 0.1) is 24.7 Å². The lowest BCUT2D eigenvalue weighted by atomic mass is 10.1. The van der Waals surface area contributed by atoms with Crippen LogP contribution in [0.2, 0.25) is 0 Å². The number of nitro groups is 1. The van der Waals surface area contributed by atoms with Crippen molar-refractivity contribution in [3.8, 4) is 5.75 Å². The van der Waals surface area contributed by atoms with E-state index in [0.717, 1.165) is 0 Å². The molecule has 0 atom stereocenters. The molecule has 1 rings (SSSR count). The van der Waals surface area contributed by atoms with Crippen LogP contribution in [0.3, 0.4) is 0 Å². The van der Waals surface area contributed by atoms with Gasteiger partial charge in [-0.05, 0) is 34.3 Å². The second-order valence-corrected chi connectivity index (χ2v) is 5.08. The number of halogens is 1. The summed E-state index contributed by atoms with van der Waals surface area (Å²) >= 11 is 3.24. The van der Waals surface area contributed by atoms with Crippen LogP contribution < -0.4 is 4.74 Å². The molecule has 1 aromatic carbocycles. The predicted octanol–water partition coefficient (Wildman–Crippen LogP) is 2.68. The summed E-state index contributed by atoms with van der Waals surface area (Å²) in [5.74, 6) is -0.841. The smallest absolute Gasteiger partial charge is 0.341 e. The largest absolute Gasteiger partial charge is 0.490 e. The van der Waals surface area contributed by atoms with E-state index in [0.29, 0.717) is 10.0 Å². The SMILES string of the molecule is COC(=O)c1cc(Br)c(C=CN(C)C)c([N+](=O)[O-])c1OC. The molecule has 0 aliphatic heterocycles. The van der Waals surface area contributed by atoms with Crippen LogP contribution in [-0.2, 0) is 4.74 Å². The molecule has 0 radical (unpaired) electrons. The second-order valence-electron chi connectivity index (χ2n) is 4.23. The number of rotatable bonds is 5. The molecule has 7 nitrogen and oxygen atoms in total. The maximum Gasteiger partial charge on any atom is 0.341 e. The summed E-state index contributed by atoms with van der Waals surface area (Å²) in [6, 6.07) is 1.44. The van der Waals surface area contributed by atoms with Crippen molar-refractivity contribution in [2.75, 3.05) is 28.3 Å². The Bertz CT molecular complexity index is 599. The number of ether oxygens (including phenoxy) is 2. The summed E-state index contributed by atoms with van der Waals surface area (Å²) in [4.78, 5) is 24.2. The van der Waals surface area contributed by atoms with E-state index in [1.807, 2.05) is 0 Å². The molecule has 0 aromatic heterocycles. The van der Waals surface area contributed by atoms with Crippen molar-refractivity contribution >= 4 is 33.7 Å². The lowest BCUT2D eigenvalue weighted by Crippen LogP contribution is -2.08. The summed E-state index contributed by atoms with van der Waals surface area (Å²) in [6.07, 6.45) is 3.22. The quantitative estimate of drug-likeness (QED) is 0.457. The normalized spacial score (nSPS) is 10.5. The summed E-state index contributed by atoms with van der Waals surface area (Å²) < 4.78 is 10.1. The minimum absolute atomic E-state index is 0.0134. The number of nitro benzene ring substituents is 1. The molecule has 0 aliphatic carbocycles. The maximum atomic E-state index is 11.7. The van der Waals surface area contributed by atoms with Crippen molar-refractivity contribution in [1.29, 1.82) is 0 Å². The van der Waals surface area contributed by atoms with Gasteiger partial charge in [0.25, 0.3) is 0 Å². The molecule has 0 spiro atoms. The summed E-state index contributed by atoms with van der Waals surface area (Å²) in [7, 11) is 6.04. The number of methoxy groups -OCH3 is 2. The molecule has 0 bridgehead atoms. The van der Waals surface area contributed by atoms with Crippen LogP contribution in [0.5, 0.6) is 5.75 Å². The lowest BCUT2D eigenvalue weighted by molar-refractivity contribution is -0.386. The molecule has 0 saturated carbocycles. The third-order valence-corrected chi connectivity index (χ3v) is 3.23. The average Bonchev–Trinajstić information content (AvgIpc) is 2.43. The van der Waals surface area contributed by atoms with Crippen molar-refractivity contribution in [3.05, 3.63) is 38.0 Å². The minimum Gasteiger partial charge on any atom is -0.490 e. The molecule has 0 N–H and O–H groups in total. The van der Waals surface area contributed by atoms with E-state index >= 15 is 0 Å². The fourth-order valence-corrected chi connectivity index (χ4v) is 2.21. The fraction of sp³-hybridized carbons (Fsp3) is 0.308. The van der Waals surface area contributed by atoms with Gasteiger partial charge in [0.1, 0.15) is 5.56 Å². The number of hydrogen-bond acceptors (Lipinski definition) is 6. The molecule has 8 heteroatoms. The van der Waals surface area contributed by atoms with Crippen molar-refractivity contribution in [1.82, 2.24) is 4.90 Å². The van der Waals surface area contributed by atoms with E-state index in [-0.39, 0.29) is 17.0 Å². The van der Waals surface area contributed by atoms with Gasteiger partial charge in [-0.3, -0.25) is 10.1 Å². The maximum absolute atomic E-state index is 11.7. The van der Waals surface area contributed by atoms with Crippen LogP contribution in [0.4, 0.5) is 5.69 Å². The zero-order valence-electron chi connectivity index (χ0n) is 12.0. The number of hydrogen-bond donors (Lipinski definition) is 0. The Kier molecular flexibility index (Phi) is 5.71. The van der Waals surface area contributed by atoms with Crippen molar-refractivity contribution in [2.45, 2.75) is 0 Å². The molecule has 0 unspecified atom stereocenters. The average molecular weight is 359 g/mol. The molecule has 0 fully saturated rings. The van der Waals surface area contributed by atoms with Gasteiger partial charge < -0.3 is 14.4 Å². The highest BCUT2D eigenvalue weighted by Gasteiger charge is 2.29. The van der Waals surface area contributed by atoms with E-state index < -0.39 is 10.9 Å². The first-order valence-corrected chi connectivity index (χ1v) is 6.60. The lowest BCUT2D eigenvalue weighted by Gasteiger charge is -2.12. The topological polar surface area (TPSA) is 81.9 Å². The standard InChI is InChI=1S/C13H15BrN2O5/c1-15(2)6-5-8-10(14)7-9(13(17)21-4)12(20-3)11(8)16(18)19/h5-7H,1-4H3. The summed E-state index contributed by atoms with van der Waals surface area (Å²) in [5, 5.41) is 11.4. The van der Waals surface area contributed by atoms with Gasteiger partial charge in [0.2, 0.25) is 5.75 Å². The molecular formula is C13H15BrN2O5. The first-order chi connectivity index (χ1) is 9.83. The Morgan fingerprint density at radius 1 is 1.43 bits per heavy atom. The van der Waals surface area contributed by atoms with E-state index in [2.05, 4.69) is 20.7 Å². The van der Waals surface area contributed by atoms with Gasteiger partial charge in [-0.1, -0.05) is 0 Å². The highest BCUT2D eigenvalue weighted by atomic mass is 79.9. The third kappa shape index (κ3) is 3.72. The minimum atomic E-state index is -0.709. The number of nitrogens with zero attached hydrogens (tertiary/aromatic N) is 2. The third-order valence-electron chi connectivity index (χ3n) is 2.57. The van der Waals surface area contributed by atoms with Crippen molar-refractivity contribution in [2.24, 2.45) is 0 Å². The predicted molar refractivity (Wildman–Crippen MR) is 81.4 cm³/mol. The van der Waals surface area contributed by atoms with Crippen LogP contribution in [-0.4, -0.2) is 44.1 Å².